The maximum atomic E-state index is 13.0. The van der Waals surface area contributed by atoms with E-state index in [-0.39, 0.29) is 16.4 Å². The molecule has 1 atom stereocenters. The molecule has 2 heterocycles. The predicted octanol–water partition coefficient (Wildman–Crippen LogP) is 4.84. The number of likely N-dealkylation sites (N-methyl/N-ethyl adjacent to an activating group) is 1. The fourth-order valence-corrected chi connectivity index (χ4v) is 4.65. The fraction of sp³-hybridized carbons (Fsp3) is 0.292. The van der Waals surface area contributed by atoms with Gasteiger partial charge in [0, 0.05) is 35.5 Å². The van der Waals surface area contributed by atoms with Gasteiger partial charge >= 0.3 is 0 Å². The van der Waals surface area contributed by atoms with Crippen molar-refractivity contribution in [2.24, 2.45) is 0 Å². The lowest BCUT2D eigenvalue weighted by Crippen LogP contribution is -2.25. The highest BCUT2D eigenvalue weighted by molar-refractivity contribution is 8.00. The van der Waals surface area contributed by atoms with Crippen molar-refractivity contribution in [3.63, 3.8) is 0 Å². The van der Waals surface area contributed by atoms with Gasteiger partial charge in [-0.25, -0.2) is 4.98 Å². The van der Waals surface area contributed by atoms with Gasteiger partial charge in [0.1, 0.15) is 5.75 Å². The normalized spacial score (nSPS) is 16.9. The number of nitrogens with one attached hydrogen (secondary N) is 1. The van der Waals surface area contributed by atoms with E-state index in [0.717, 1.165) is 22.7 Å². The number of methoxy groups -OCH3 is 1. The molecule has 6 nitrogen and oxygen atoms in total. The number of aromatic nitrogens is 3. The number of nitrogens with zero attached hydrogens (tertiary/aromatic N) is 3. The molecule has 0 saturated heterocycles. The van der Waals surface area contributed by atoms with Crippen molar-refractivity contribution in [2.45, 2.75) is 36.6 Å². The van der Waals surface area contributed by atoms with E-state index >= 15 is 0 Å². The minimum Gasteiger partial charge on any atom is -0.497 e. The number of ether oxygens (including phenoxy) is 1. The summed E-state index contributed by atoms with van der Waals surface area (Å²) >= 11 is 1.35. The summed E-state index contributed by atoms with van der Waals surface area (Å²) in [5.41, 5.74) is 4.06. The van der Waals surface area contributed by atoms with E-state index < -0.39 is 0 Å². The van der Waals surface area contributed by atoms with Gasteiger partial charge in [-0.2, -0.15) is 0 Å². The van der Waals surface area contributed by atoms with Crippen LogP contribution in [0.2, 0.25) is 0 Å². The zero-order valence-electron chi connectivity index (χ0n) is 18.3. The third-order valence-corrected chi connectivity index (χ3v) is 6.71. The van der Waals surface area contributed by atoms with Crippen molar-refractivity contribution in [1.29, 1.82) is 0 Å². The van der Waals surface area contributed by atoms with Crippen LogP contribution in [-0.2, 0) is 10.2 Å². The Morgan fingerprint density at radius 2 is 1.90 bits per heavy atom. The second-order valence-electron chi connectivity index (χ2n) is 8.09. The average Bonchev–Trinajstić information content (AvgIpc) is 3.31. The quantitative estimate of drug-likeness (QED) is 0.442. The van der Waals surface area contributed by atoms with Crippen LogP contribution in [-0.4, -0.2) is 40.4 Å². The van der Waals surface area contributed by atoms with Crippen LogP contribution in [0.1, 0.15) is 26.3 Å². The van der Waals surface area contributed by atoms with Crippen molar-refractivity contribution in [3.8, 4) is 17.1 Å². The Morgan fingerprint density at radius 3 is 2.58 bits per heavy atom. The maximum absolute atomic E-state index is 13.0. The Morgan fingerprint density at radius 1 is 1.19 bits per heavy atom. The van der Waals surface area contributed by atoms with Crippen molar-refractivity contribution in [2.75, 3.05) is 19.1 Å². The first-order chi connectivity index (χ1) is 14.8. The Hall–Kier alpha value is -3.06. The zero-order chi connectivity index (χ0) is 22.2. The first-order valence-corrected chi connectivity index (χ1v) is 11.0. The second kappa shape index (κ2) is 8.23. The van der Waals surface area contributed by atoms with Gasteiger partial charge in [-0.15, -0.1) is 5.10 Å². The molecule has 0 radical (unpaired) electrons. The monoisotopic (exact) mass is 434 g/mol. The van der Waals surface area contributed by atoms with Crippen molar-refractivity contribution < 1.29 is 9.53 Å². The molecule has 0 spiro atoms. The minimum absolute atomic E-state index is 0.0449. The number of carbonyl (C=O) groups is 1. The molecule has 0 amide bonds. The maximum Gasteiger partial charge on any atom is 0.209 e. The van der Waals surface area contributed by atoms with Gasteiger partial charge in [0.2, 0.25) is 5.16 Å². The van der Waals surface area contributed by atoms with Crippen molar-refractivity contribution in [3.05, 3.63) is 65.9 Å². The van der Waals surface area contributed by atoms with E-state index in [4.69, 9.17) is 4.74 Å². The highest BCUT2D eigenvalue weighted by Gasteiger charge is 2.38. The Labute approximate surface area is 186 Å². The summed E-state index contributed by atoms with van der Waals surface area (Å²) < 4.78 is 5.19. The van der Waals surface area contributed by atoms with Crippen LogP contribution in [0.25, 0.3) is 11.4 Å². The number of para-hydroxylation sites is 1. The molecule has 1 aromatic heterocycles. The largest absolute Gasteiger partial charge is 0.497 e. The zero-order valence-corrected chi connectivity index (χ0v) is 19.2. The van der Waals surface area contributed by atoms with Crippen LogP contribution in [0.3, 0.4) is 0 Å². The number of fused-ring (bicyclic) bond motifs is 1. The number of thioether (sulfide) groups is 1. The molecule has 7 heteroatoms. The third kappa shape index (κ3) is 3.97. The van der Waals surface area contributed by atoms with Gasteiger partial charge in [-0.1, -0.05) is 43.8 Å². The molecule has 4 rings (SSSR count). The highest BCUT2D eigenvalue weighted by atomic mass is 32.2. The van der Waals surface area contributed by atoms with Crippen molar-refractivity contribution in [1.82, 2.24) is 15.2 Å². The number of allylic oxidation sites excluding steroid dienone is 2. The molecule has 2 aromatic carbocycles. The number of rotatable bonds is 6. The van der Waals surface area contributed by atoms with Gasteiger partial charge in [0.25, 0.3) is 0 Å². The van der Waals surface area contributed by atoms with Crippen LogP contribution in [0, 0.1) is 0 Å². The van der Waals surface area contributed by atoms with Crippen LogP contribution in [0.5, 0.6) is 5.75 Å². The summed E-state index contributed by atoms with van der Waals surface area (Å²) in [6.45, 7) is 6.20. The predicted molar refractivity (Wildman–Crippen MR) is 125 cm³/mol. The van der Waals surface area contributed by atoms with E-state index in [0.29, 0.717) is 11.0 Å². The van der Waals surface area contributed by atoms with E-state index in [9.17, 15) is 4.79 Å². The van der Waals surface area contributed by atoms with Crippen LogP contribution in [0.15, 0.2) is 65.5 Å². The Balaban J connectivity index is 1.49. The number of H-pyrrole nitrogens is 1. The molecule has 0 saturated carbocycles. The first-order valence-electron chi connectivity index (χ1n) is 10.1. The molecule has 1 aliphatic rings. The van der Waals surface area contributed by atoms with E-state index in [1.807, 2.05) is 50.4 Å². The lowest BCUT2D eigenvalue weighted by molar-refractivity contribution is -0.114. The molecule has 31 heavy (non-hydrogen) atoms. The number of aromatic amines is 1. The molecule has 0 aliphatic carbocycles. The van der Waals surface area contributed by atoms with Gasteiger partial charge in [0.05, 0.1) is 12.4 Å². The number of carbonyl (C=O) groups excluding carboxylic acids is 1. The minimum atomic E-state index is -0.306. The summed E-state index contributed by atoms with van der Waals surface area (Å²) in [4.78, 5) is 19.7. The number of hydrogen-bond donors (Lipinski definition) is 1. The smallest absolute Gasteiger partial charge is 0.209 e. The van der Waals surface area contributed by atoms with E-state index in [1.165, 1.54) is 17.3 Å². The first kappa shape index (κ1) is 21.2. The van der Waals surface area contributed by atoms with Crippen LogP contribution < -0.4 is 9.64 Å². The number of ketones is 1. The van der Waals surface area contributed by atoms with Crippen LogP contribution in [0.4, 0.5) is 5.69 Å². The molecule has 1 unspecified atom stereocenters. The molecule has 0 fully saturated rings. The highest BCUT2D eigenvalue weighted by Crippen LogP contribution is 2.46. The van der Waals surface area contributed by atoms with Crippen molar-refractivity contribution >= 4 is 23.2 Å². The summed E-state index contributed by atoms with van der Waals surface area (Å²) in [7, 11) is 3.65. The number of benzene rings is 2. The topological polar surface area (TPSA) is 71.1 Å². The third-order valence-electron chi connectivity index (χ3n) is 5.73. The summed E-state index contributed by atoms with van der Waals surface area (Å²) in [5.74, 6) is 1.49. The molecular formula is C24H26N4O2S. The number of anilines is 1. The molecule has 160 valence electrons. The molecule has 3 aromatic rings. The molecule has 0 bridgehead atoms. The lowest BCUT2D eigenvalue weighted by Gasteiger charge is -2.24. The van der Waals surface area contributed by atoms with Gasteiger partial charge in [0.15, 0.2) is 11.6 Å². The van der Waals surface area contributed by atoms with E-state index in [2.05, 4.69) is 46.1 Å². The van der Waals surface area contributed by atoms with Crippen LogP contribution >= 0.6 is 11.8 Å². The SMILES string of the molecule is COc1ccc(-c2nc(SC(C)C(=O)/C=C3/N(C)c4ccccc4C3(C)C)n[nH]2)cc1. The average molecular weight is 435 g/mol. The lowest BCUT2D eigenvalue weighted by atomic mass is 9.83. The standard InChI is InChI=1S/C24H26N4O2S/c1-15(31-23-25-22(26-27-23)16-10-12-17(30-5)13-11-16)20(29)14-21-24(2,3)18-8-6-7-9-19(18)28(21)4/h6-15H,1-5H3,(H,25,26,27)/b21-14+. The van der Waals surface area contributed by atoms with Gasteiger partial charge in [-0.3, -0.25) is 9.89 Å². The summed E-state index contributed by atoms with van der Waals surface area (Å²) in [6, 6.07) is 15.9. The molecular weight excluding hydrogens is 408 g/mol. The fourth-order valence-electron chi connectivity index (χ4n) is 3.90. The molecule has 1 N–H and O–H groups in total. The molecule has 1 aliphatic heterocycles. The van der Waals surface area contributed by atoms with Gasteiger partial charge < -0.3 is 9.64 Å². The number of hydrogen-bond acceptors (Lipinski definition) is 6. The van der Waals surface area contributed by atoms with Gasteiger partial charge in [-0.05, 0) is 42.8 Å². The Kier molecular flexibility index (Phi) is 5.62. The summed E-state index contributed by atoms with van der Waals surface area (Å²) in [5, 5.41) is 7.47. The second-order valence-corrected chi connectivity index (χ2v) is 9.40. The van der Waals surface area contributed by atoms with E-state index in [1.54, 1.807) is 13.2 Å². The summed E-state index contributed by atoms with van der Waals surface area (Å²) in [6.07, 6.45) is 1.77. The Bertz CT molecular complexity index is 1130.